The number of aliphatic imine (C=N–C) groups is 1. The van der Waals surface area contributed by atoms with Crippen molar-refractivity contribution in [1.29, 1.82) is 0 Å². The highest BCUT2D eigenvalue weighted by molar-refractivity contribution is 14.0. The lowest BCUT2D eigenvalue weighted by atomic mass is 10.3. The fraction of sp³-hybridized carbons (Fsp3) is 0.400. The SMILES string of the molecule is CN=C(NCCc1ccc(Br)o1)N(C)Cc1cccn1C.I. The molecule has 0 aliphatic rings. The summed E-state index contributed by atoms with van der Waals surface area (Å²) in [5.41, 5.74) is 1.25. The summed E-state index contributed by atoms with van der Waals surface area (Å²) in [4.78, 5) is 6.42. The van der Waals surface area contributed by atoms with E-state index >= 15 is 0 Å². The molecule has 0 unspecified atom stereocenters. The van der Waals surface area contributed by atoms with Crippen LogP contribution in [0, 0.1) is 0 Å². The molecule has 0 spiro atoms. The molecule has 1 N–H and O–H groups in total. The third-order valence-corrected chi connectivity index (χ3v) is 3.73. The number of rotatable bonds is 5. The number of hydrogen-bond donors (Lipinski definition) is 1. The predicted molar refractivity (Wildman–Crippen MR) is 104 cm³/mol. The number of nitrogens with one attached hydrogen (secondary N) is 1. The molecule has 0 aliphatic heterocycles. The third kappa shape index (κ3) is 5.35. The topological polar surface area (TPSA) is 45.7 Å². The highest BCUT2D eigenvalue weighted by atomic mass is 127. The lowest BCUT2D eigenvalue weighted by Gasteiger charge is -2.22. The first-order chi connectivity index (χ1) is 10.1. The zero-order chi connectivity index (χ0) is 15.2. The fourth-order valence-electron chi connectivity index (χ4n) is 2.15. The van der Waals surface area contributed by atoms with E-state index in [-0.39, 0.29) is 24.0 Å². The van der Waals surface area contributed by atoms with Crippen molar-refractivity contribution in [2.45, 2.75) is 13.0 Å². The molecule has 0 saturated heterocycles. The predicted octanol–water partition coefficient (Wildman–Crippen LogP) is 3.25. The Morgan fingerprint density at radius 1 is 1.41 bits per heavy atom. The number of hydrogen-bond acceptors (Lipinski definition) is 2. The van der Waals surface area contributed by atoms with Crippen LogP contribution in [0.1, 0.15) is 11.5 Å². The molecular weight excluding hydrogens is 459 g/mol. The molecule has 0 aliphatic carbocycles. The number of guanidine groups is 1. The molecule has 0 saturated carbocycles. The molecule has 2 aromatic heterocycles. The van der Waals surface area contributed by atoms with Crippen LogP contribution in [0.4, 0.5) is 0 Å². The minimum atomic E-state index is 0. The van der Waals surface area contributed by atoms with Crippen molar-refractivity contribution >= 4 is 45.9 Å². The second kappa shape index (κ2) is 9.24. The first kappa shape index (κ1) is 19.1. The number of aryl methyl sites for hydroxylation is 1. The maximum Gasteiger partial charge on any atom is 0.193 e. The zero-order valence-electron chi connectivity index (χ0n) is 13.0. The Morgan fingerprint density at radius 2 is 2.18 bits per heavy atom. The average molecular weight is 481 g/mol. The summed E-state index contributed by atoms with van der Waals surface area (Å²) in [5.74, 6) is 1.83. The number of furan rings is 1. The van der Waals surface area contributed by atoms with Gasteiger partial charge in [0.15, 0.2) is 10.6 Å². The summed E-state index contributed by atoms with van der Waals surface area (Å²) in [7, 11) is 5.88. The van der Waals surface area contributed by atoms with Gasteiger partial charge in [0.1, 0.15) is 5.76 Å². The lowest BCUT2D eigenvalue weighted by molar-refractivity contribution is 0.455. The zero-order valence-corrected chi connectivity index (χ0v) is 17.0. The minimum Gasteiger partial charge on any atom is -0.454 e. The monoisotopic (exact) mass is 480 g/mol. The van der Waals surface area contributed by atoms with Gasteiger partial charge < -0.3 is 19.2 Å². The van der Waals surface area contributed by atoms with E-state index < -0.39 is 0 Å². The molecule has 122 valence electrons. The van der Waals surface area contributed by atoms with Crippen molar-refractivity contribution in [1.82, 2.24) is 14.8 Å². The van der Waals surface area contributed by atoms with Gasteiger partial charge in [0.05, 0.1) is 6.54 Å². The second-order valence-electron chi connectivity index (χ2n) is 4.90. The lowest BCUT2D eigenvalue weighted by Crippen LogP contribution is -2.39. The number of nitrogens with zero attached hydrogens (tertiary/aromatic N) is 3. The van der Waals surface area contributed by atoms with Crippen molar-refractivity contribution in [3.63, 3.8) is 0 Å². The van der Waals surface area contributed by atoms with E-state index in [0.29, 0.717) is 0 Å². The molecular formula is C15H22BrIN4O. The van der Waals surface area contributed by atoms with Gasteiger partial charge in [-0.3, -0.25) is 4.99 Å². The highest BCUT2D eigenvalue weighted by Gasteiger charge is 2.08. The Bertz CT molecular complexity index is 608. The highest BCUT2D eigenvalue weighted by Crippen LogP contribution is 2.14. The second-order valence-corrected chi connectivity index (χ2v) is 5.68. The molecule has 5 nitrogen and oxygen atoms in total. The van der Waals surface area contributed by atoms with Gasteiger partial charge in [-0.2, -0.15) is 0 Å². The molecule has 0 aromatic carbocycles. The largest absolute Gasteiger partial charge is 0.454 e. The first-order valence-electron chi connectivity index (χ1n) is 6.86. The van der Waals surface area contributed by atoms with E-state index in [0.717, 1.165) is 35.9 Å². The van der Waals surface area contributed by atoms with Crippen molar-refractivity contribution in [2.75, 3.05) is 20.6 Å². The van der Waals surface area contributed by atoms with E-state index in [9.17, 15) is 0 Å². The summed E-state index contributed by atoms with van der Waals surface area (Å²) < 4.78 is 8.36. The molecule has 22 heavy (non-hydrogen) atoms. The Morgan fingerprint density at radius 3 is 2.73 bits per heavy atom. The minimum absolute atomic E-state index is 0. The Balaban J connectivity index is 0.00000242. The molecule has 2 heterocycles. The van der Waals surface area contributed by atoms with Crippen LogP contribution >= 0.6 is 39.9 Å². The van der Waals surface area contributed by atoms with E-state index in [2.05, 4.69) is 41.8 Å². The molecule has 0 radical (unpaired) electrons. The van der Waals surface area contributed by atoms with Gasteiger partial charge in [0.2, 0.25) is 0 Å². The Kier molecular flexibility index (Phi) is 8.02. The first-order valence-corrected chi connectivity index (χ1v) is 7.65. The van der Waals surface area contributed by atoms with Crippen LogP contribution in [0.2, 0.25) is 0 Å². The Hall–Kier alpha value is -0.960. The maximum atomic E-state index is 5.48. The summed E-state index contributed by atoms with van der Waals surface area (Å²) in [6.07, 6.45) is 2.87. The van der Waals surface area contributed by atoms with Crippen LogP contribution in [0.15, 0.2) is 44.5 Å². The van der Waals surface area contributed by atoms with Gasteiger partial charge >= 0.3 is 0 Å². The van der Waals surface area contributed by atoms with Crippen molar-refractivity contribution in [3.05, 3.63) is 46.6 Å². The van der Waals surface area contributed by atoms with Gasteiger partial charge in [0.25, 0.3) is 0 Å². The smallest absolute Gasteiger partial charge is 0.193 e. The summed E-state index contributed by atoms with van der Waals surface area (Å²) in [6.45, 7) is 1.60. The van der Waals surface area contributed by atoms with E-state index in [1.807, 2.05) is 38.5 Å². The molecule has 0 bridgehead atoms. The number of halogens is 2. The maximum absolute atomic E-state index is 5.48. The van der Waals surface area contributed by atoms with Gasteiger partial charge in [-0.05, 0) is 40.2 Å². The number of aromatic nitrogens is 1. The van der Waals surface area contributed by atoms with Gasteiger partial charge in [-0.15, -0.1) is 24.0 Å². The van der Waals surface area contributed by atoms with Crippen LogP contribution in [-0.4, -0.2) is 36.1 Å². The Labute approximate surface area is 156 Å². The van der Waals surface area contributed by atoms with Crippen LogP contribution in [0.3, 0.4) is 0 Å². The summed E-state index contributed by atoms with van der Waals surface area (Å²) in [5, 5.41) is 3.35. The standard InChI is InChI=1S/C15H21BrN4O.HI/c1-17-15(18-9-8-13-6-7-14(16)21-13)20(3)11-12-5-4-10-19(12)2;/h4-7,10H,8-9,11H2,1-3H3,(H,17,18);1H. The van der Waals surface area contributed by atoms with Crippen LogP contribution < -0.4 is 5.32 Å². The summed E-state index contributed by atoms with van der Waals surface area (Å²) >= 11 is 3.31. The van der Waals surface area contributed by atoms with Gasteiger partial charge in [-0.25, -0.2) is 0 Å². The molecule has 2 rings (SSSR count). The summed E-state index contributed by atoms with van der Waals surface area (Å²) in [6, 6.07) is 8.05. The normalized spacial score (nSPS) is 11.2. The average Bonchev–Trinajstić information content (AvgIpc) is 3.04. The van der Waals surface area contributed by atoms with E-state index in [1.54, 1.807) is 7.05 Å². The molecule has 0 amide bonds. The molecule has 0 atom stereocenters. The van der Waals surface area contributed by atoms with Gasteiger partial charge in [0, 0.05) is 46.0 Å². The van der Waals surface area contributed by atoms with Crippen molar-refractivity contribution in [3.8, 4) is 0 Å². The molecule has 2 aromatic rings. The van der Waals surface area contributed by atoms with Crippen molar-refractivity contribution < 1.29 is 4.42 Å². The van der Waals surface area contributed by atoms with Crippen LogP contribution in [0.5, 0.6) is 0 Å². The van der Waals surface area contributed by atoms with Crippen LogP contribution in [-0.2, 0) is 20.0 Å². The third-order valence-electron chi connectivity index (χ3n) is 3.31. The molecule has 7 heteroatoms. The van der Waals surface area contributed by atoms with Crippen LogP contribution in [0.25, 0.3) is 0 Å². The van der Waals surface area contributed by atoms with E-state index in [1.165, 1.54) is 5.69 Å². The van der Waals surface area contributed by atoms with Crippen molar-refractivity contribution in [2.24, 2.45) is 12.0 Å². The molecule has 0 fully saturated rings. The van der Waals surface area contributed by atoms with E-state index in [4.69, 9.17) is 4.42 Å². The quantitative estimate of drug-likeness (QED) is 0.406. The fourth-order valence-corrected chi connectivity index (χ4v) is 2.49. The van der Waals surface area contributed by atoms with Gasteiger partial charge in [-0.1, -0.05) is 0 Å².